The van der Waals surface area contributed by atoms with Crippen LogP contribution in [0.15, 0.2) is 30.3 Å². The number of halogens is 1. The minimum atomic E-state index is -4.10. The number of rotatable bonds is 4. The lowest BCUT2D eigenvalue weighted by Gasteiger charge is -2.09. The van der Waals surface area contributed by atoms with E-state index in [1.165, 1.54) is 12.1 Å². The summed E-state index contributed by atoms with van der Waals surface area (Å²) >= 11 is 5.21. The quantitative estimate of drug-likeness (QED) is 0.782. The average Bonchev–Trinajstić information content (AvgIpc) is 2.17. The first-order valence-corrected chi connectivity index (χ1v) is 5.85. The zero-order valence-corrected chi connectivity index (χ0v) is 8.99. The Morgan fingerprint density at radius 3 is 2.33 bits per heavy atom. The molecule has 0 aromatic heterocycles. The van der Waals surface area contributed by atoms with Crippen LogP contribution in [0, 0.1) is 0 Å². The second-order valence-corrected chi connectivity index (χ2v) is 5.13. The Hall–Kier alpha value is -1.27. The Morgan fingerprint density at radius 2 is 1.87 bits per heavy atom. The van der Waals surface area contributed by atoms with Crippen molar-refractivity contribution in [2.45, 2.75) is 4.71 Å². The minimum Gasteiger partial charge on any atom is -0.479 e. The van der Waals surface area contributed by atoms with Crippen molar-refractivity contribution in [1.29, 1.82) is 0 Å². The lowest BCUT2D eigenvalue weighted by atomic mass is 10.3. The fourth-order valence-electron chi connectivity index (χ4n) is 0.855. The molecule has 0 aliphatic rings. The van der Waals surface area contributed by atoms with Crippen molar-refractivity contribution in [1.82, 2.24) is 0 Å². The molecule has 7 heteroatoms. The summed E-state index contributed by atoms with van der Waals surface area (Å²) in [6.45, 7) is 0. The van der Waals surface area contributed by atoms with Gasteiger partial charge in [-0.15, -0.1) is 0 Å². The van der Waals surface area contributed by atoms with Crippen molar-refractivity contribution >= 4 is 33.3 Å². The Labute approximate surface area is 91.7 Å². The van der Waals surface area contributed by atoms with Crippen LogP contribution in [0.1, 0.15) is 0 Å². The first-order valence-electron chi connectivity index (χ1n) is 3.87. The van der Waals surface area contributed by atoms with Gasteiger partial charge in [-0.05, 0) is 12.1 Å². The fraction of sp³-hybridized carbons (Fsp3) is 0.125. The smallest absolute Gasteiger partial charge is 0.339 e. The maximum Gasteiger partial charge on any atom is 0.339 e. The molecule has 0 aliphatic carbocycles. The van der Waals surface area contributed by atoms with Crippen LogP contribution in [0.5, 0.6) is 0 Å². The Kier molecular flexibility index (Phi) is 3.54. The van der Waals surface area contributed by atoms with Crippen LogP contribution in [0.3, 0.4) is 0 Å². The molecule has 0 saturated heterocycles. The molecule has 0 saturated carbocycles. The van der Waals surface area contributed by atoms with Crippen molar-refractivity contribution in [2.75, 3.05) is 4.72 Å². The molecule has 0 aliphatic heterocycles. The summed E-state index contributed by atoms with van der Waals surface area (Å²) < 4.78 is 22.7. The van der Waals surface area contributed by atoms with Gasteiger partial charge in [0.15, 0.2) is 0 Å². The maximum absolute atomic E-state index is 11.3. The first kappa shape index (κ1) is 11.8. The summed E-state index contributed by atoms with van der Waals surface area (Å²) in [5.74, 6) is -1.61. The second kappa shape index (κ2) is 4.50. The third-order valence-electron chi connectivity index (χ3n) is 1.50. The summed E-state index contributed by atoms with van der Waals surface area (Å²) in [7, 11) is -4.10. The standard InChI is InChI=1S/C8H8ClNO4S/c9-7(8(11)12)15(13,14)10-6-4-2-1-3-5-6/h1-5,7,10H,(H,11,12). The van der Waals surface area contributed by atoms with E-state index in [1.807, 2.05) is 0 Å². The van der Waals surface area contributed by atoms with Gasteiger partial charge in [0.1, 0.15) is 0 Å². The summed E-state index contributed by atoms with van der Waals surface area (Å²) in [6, 6.07) is 7.91. The molecule has 82 valence electrons. The number of aliphatic carboxylic acids is 1. The number of carboxylic acid groups (broad SMARTS) is 1. The van der Waals surface area contributed by atoms with Crippen molar-refractivity contribution in [3.8, 4) is 0 Å². The summed E-state index contributed by atoms with van der Waals surface area (Å²) in [6.07, 6.45) is 0. The molecular weight excluding hydrogens is 242 g/mol. The Morgan fingerprint density at radius 1 is 1.33 bits per heavy atom. The van der Waals surface area contributed by atoms with Gasteiger partial charge in [0.2, 0.25) is 4.71 Å². The highest BCUT2D eigenvalue weighted by atomic mass is 35.5. The highest BCUT2D eigenvalue weighted by Crippen LogP contribution is 2.13. The molecule has 15 heavy (non-hydrogen) atoms. The number of para-hydroxylation sites is 1. The van der Waals surface area contributed by atoms with Crippen molar-refractivity contribution in [3.63, 3.8) is 0 Å². The number of hydrogen-bond donors (Lipinski definition) is 2. The van der Waals surface area contributed by atoms with Crippen LogP contribution in [0.2, 0.25) is 0 Å². The molecule has 1 atom stereocenters. The number of hydrogen-bond acceptors (Lipinski definition) is 3. The van der Waals surface area contributed by atoms with E-state index < -0.39 is 20.7 Å². The molecule has 1 aromatic rings. The van der Waals surface area contributed by atoms with Crippen molar-refractivity contribution < 1.29 is 18.3 Å². The number of sulfonamides is 1. The molecule has 0 amide bonds. The van der Waals surface area contributed by atoms with Gasteiger partial charge in [-0.2, -0.15) is 0 Å². The van der Waals surface area contributed by atoms with Gasteiger partial charge in [0, 0.05) is 5.69 Å². The van der Waals surface area contributed by atoms with Gasteiger partial charge in [-0.3, -0.25) is 4.72 Å². The second-order valence-electron chi connectivity index (χ2n) is 2.67. The summed E-state index contributed by atoms with van der Waals surface area (Å²) in [5, 5.41) is 8.44. The lowest BCUT2D eigenvalue weighted by molar-refractivity contribution is -0.134. The zero-order valence-electron chi connectivity index (χ0n) is 7.42. The van der Waals surface area contributed by atoms with Gasteiger partial charge < -0.3 is 5.11 Å². The van der Waals surface area contributed by atoms with E-state index in [-0.39, 0.29) is 5.69 Å². The molecule has 0 fully saturated rings. The number of alkyl halides is 1. The zero-order chi connectivity index (χ0) is 11.5. The molecule has 1 unspecified atom stereocenters. The third-order valence-corrected chi connectivity index (χ3v) is 3.66. The molecule has 0 spiro atoms. The Bertz CT molecular complexity index is 445. The summed E-state index contributed by atoms with van der Waals surface area (Å²) in [5.41, 5.74) is 0.268. The largest absolute Gasteiger partial charge is 0.479 e. The fourth-order valence-corrected chi connectivity index (χ4v) is 1.82. The van der Waals surface area contributed by atoms with E-state index in [1.54, 1.807) is 18.2 Å². The van der Waals surface area contributed by atoms with E-state index in [0.29, 0.717) is 0 Å². The Balaban J connectivity index is 2.87. The van der Waals surface area contributed by atoms with E-state index in [0.717, 1.165) is 0 Å². The third kappa shape index (κ3) is 3.10. The molecule has 2 N–H and O–H groups in total. The van der Waals surface area contributed by atoms with Crippen LogP contribution in [-0.2, 0) is 14.8 Å². The molecule has 0 heterocycles. The van der Waals surface area contributed by atoms with Gasteiger partial charge in [0.05, 0.1) is 0 Å². The highest BCUT2D eigenvalue weighted by Gasteiger charge is 2.29. The molecular formula is C8H8ClNO4S. The number of benzene rings is 1. The molecule has 5 nitrogen and oxygen atoms in total. The monoisotopic (exact) mass is 249 g/mol. The highest BCUT2D eigenvalue weighted by molar-refractivity contribution is 7.95. The van der Waals surface area contributed by atoms with Gasteiger partial charge >= 0.3 is 5.97 Å². The van der Waals surface area contributed by atoms with Crippen LogP contribution in [0.25, 0.3) is 0 Å². The van der Waals surface area contributed by atoms with E-state index in [4.69, 9.17) is 16.7 Å². The van der Waals surface area contributed by atoms with Gasteiger partial charge in [-0.25, -0.2) is 13.2 Å². The summed E-state index contributed by atoms with van der Waals surface area (Å²) in [4.78, 5) is 10.4. The molecule has 1 rings (SSSR count). The number of nitrogens with one attached hydrogen (secondary N) is 1. The molecule has 0 bridgehead atoms. The average molecular weight is 250 g/mol. The molecule has 1 aromatic carbocycles. The predicted octanol–water partition coefficient (Wildman–Crippen LogP) is 1.08. The van der Waals surface area contributed by atoms with Crippen LogP contribution in [-0.4, -0.2) is 24.2 Å². The lowest BCUT2D eigenvalue weighted by Crippen LogP contribution is -2.30. The number of carboxylic acids is 1. The van der Waals surface area contributed by atoms with Gasteiger partial charge in [-0.1, -0.05) is 29.8 Å². The van der Waals surface area contributed by atoms with E-state index in [9.17, 15) is 13.2 Å². The minimum absolute atomic E-state index is 0.268. The number of carbonyl (C=O) groups is 1. The SMILES string of the molecule is O=C(O)C(Cl)S(=O)(=O)Nc1ccccc1. The van der Waals surface area contributed by atoms with Crippen LogP contribution < -0.4 is 4.72 Å². The number of anilines is 1. The van der Waals surface area contributed by atoms with Gasteiger partial charge in [0.25, 0.3) is 10.0 Å². The van der Waals surface area contributed by atoms with E-state index in [2.05, 4.69) is 4.72 Å². The predicted molar refractivity (Wildman–Crippen MR) is 56.3 cm³/mol. The first-order chi connectivity index (χ1) is 6.93. The van der Waals surface area contributed by atoms with Crippen molar-refractivity contribution in [2.24, 2.45) is 0 Å². The topological polar surface area (TPSA) is 83.5 Å². The molecule has 0 radical (unpaired) electrons. The normalized spacial score (nSPS) is 13.1. The van der Waals surface area contributed by atoms with Crippen LogP contribution >= 0.6 is 11.6 Å². The maximum atomic E-state index is 11.3. The van der Waals surface area contributed by atoms with Crippen molar-refractivity contribution in [3.05, 3.63) is 30.3 Å². The van der Waals surface area contributed by atoms with E-state index >= 15 is 0 Å². The van der Waals surface area contributed by atoms with Crippen LogP contribution in [0.4, 0.5) is 5.69 Å².